The molecule has 2 N–H and O–H groups in total. The number of hydrogen-bond donors (Lipinski definition) is 1. The van der Waals surface area contributed by atoms with E-state index in [9.17, 15) is 0 Å². The fourth-order valence-corrected chi connectivity index (χ4v) is 2.94. The second-order valence-electron chi connectivity index (χ2n) is 4.88. The Hall–Kier alpha value is -0.0600. The molecule has 18 heavy (non-hydrogen) atoms. The number of allylic oxidation sites excluding steroid dienone is 1. The molecule has 1 nitrogen and oxygen atoms in total. The van der Waals surface area contributed by atoms with E-state index < -0.39 is 0 Å². The lowest BCUT2D eigenvalue weighted by Gasteiger charge is -2.19. The van der Waals surface area contributed by atoms with Crippen LogP contribution in [0.3, 0.4) is 0 Å². The molecule has 1 unspecified atom stereocenters. The molecule has 0 amide bonds. The fourth-order valence-electron chi connectivity index (χ4n) is 2.42. The minimum Gasteiger partial charge on any atom is -0.321 e. The Morgan fingerprint density at radius 1 is 1.17 bits per heavy atom. The van der Waals surface area contributed by atoms with Crippen molar-refractivity contribution < 1.29 is 0 Å². The van der Waals surface area contributed by atoms with Crippen molar-refractivity contribution in [1.82, 2.24) is 0 Å². The highest BCUT2D eigenvalue weighted by molar-refractivity contribution is 14.1. The Labute approximate surface area is 128 Å². The van der Waals surface area contributed by atoms with Crippen molar-refractivity contribution in [3.63, 3.8) is 0 Å². The molecule has 0 aromatic heterocycles. The number of nitrogens with two attached hydrogens (primary N) is 1. The maximum Gasteiger partial charge on any atom is 0.0542 e. The van der Waals surface area contributed by atoms with E-state index in [0.29, 0.717) is 0 Å². The highest BCUT2D eigenvalue weighted by Crippen LogP contribution is 2.29. The van der Waals surface area contributed by atoms with E-state index in [1.807, 2.05) is 12.1 Å². The van der Waals surface area contributed by atoms with E-state index in [2.05, 4.69) is 34.7 Å². The Bertz CT molecular complexity index is 442. The van der Waals surface area contributed by atoms with Crippen molar-refractivity contribution in [2.24, 2.45) is 5.73 Å². The van der Waals surface area contributed by atoms with Gasteiger partial charge in [0.2, 0.25) is 0 Å². The van der Waals surface area contributed by atoms with Gasteiger partial charge in [0.05, 0.1) is 11.1 Å². The molecule has 98 valence electrons. The largest absolute Gasteiger partial charge is 0.321 e. The topological polar surface area (TPSA) is 26.0 Å². The van der Waals surface area contributed by atoms with Gasteiger partial charge in [0.15, 0.2) is 0 Å². The summed E-state index contributed by atoms with van der Waals surface area (Å²) in [6, 6.07) is 6.16. The molecule has 1 aliphatic rings. The van der Waals surface area contributed by atoms with E-state index in [4.69, 9.17) is 17.3 Å². The van der Waals surface area contributed by atoms with Gasteiger partial charge in [0, 0.05) is 3.57 Å². The van der Waals surface area contributed by atoms with Gasteiger partial charge in [-0.15, -0.1) is 0 Å². The van der Waals surface area contributed by atoms with Crippen LogP contribution in [0.2, 0.25) is 5.02 Å². The Morgan fingerprint density at radius 2 is 1.94 bits per heavy atom. The molecule has 0 saturated heterocycles. The molecule has 0 spiro atoms. The lowest BCUT2D eigenvalue weighted by Crippen LogP contribution is -2.14. The molecule has 3 heteroatoms. The molecule has 0 radical (unpaired) electrons. The van der Waals surface area contributed by atoms with Crippen LogP contribution in [0.25, 0.3) is 0 Å². The quantitative estimate of drug-likeness (QED) is 0.556. The summed E-state index contributed by atoms with van der Waals surface area (Å²) in [6.45, 7) is 0. The Balaban J connectivity index is 2.18. The van der Waals surface area contributed by atoms with Crippen LogP contribution >= 0.6 is 34.2 Å². The van der Waals surface area contributed by atoms with Crippen molar-refractivity contribution in [1.29, 1.82) is 0 Å². The van der Waals surface area contributed by atoms with Gasteiger partial charge in [-0.05, 0) is 66.0 Å². The van der Waals surface area contributed by atoms with Gasteiger partial charge in [-0.1, -0.05) is 42.2 Å². The minimum absolute atomic E-state index is 0.0117. The minimum atomic E-state index is 0.0117. The van der Waals surface area contributed by atoms with E-state index in [1.54, 1.807) is 0 Å². The van der Waals surface area contributed by atoms with E-state index in [-0.39, 0.29) is 6.04 Å². The van der Waals surface area contributed by atoms with Gasteiger partial charge in [0.1, 0.15) is 0 Å². The molecular weight excluding hydrogens is 357 g/mol. The molecule has 1 aromatic rings. The van der Waals surface area contributed by atoms with Crippen molar-refractivity contribution in [3.05, 3.63) is 44.0 Å². The number of benzene rings is 1. The first-order valence-corrected chi connectivity index (χ1v) is 8.03. The third kappa shape index (κ3) is 3.72. The molecule has 0 aliphatic heterocycles. The zero-order valence-corrected chi connectivity index (χ0v) is 13.4. The smallest absolute Gasteiger partial charge is 0.0542 e. The molecule has 0 fully saturated rings. The second kappa shape index (κ2) is 6.92. The lowest BCUT2D eigenvalue weighted by atomic mass is 9.91. The maximum atomic E-state index is 6.38. The van der Waals surface area contributed by atoms with Gasteiger partial charge in [0.25, 0.3) is 0 Å². The van der Waals surface area contributed by atoms with Crippen LogP contribution in [-0.4, -0.2) is 0 Å². The summed E-state index contributed by atoms with van der Waals surface area (Å²) in [5.41, 5.74) is 8.89. The highest BCUT2D eigenvalue weighted by Gasteiger charge is 2.13. The molecule has 0 bridgehead atoms. The van der Waals surface area contributed by atoms with Crippen molar-refractivity contribution in [2.45, 2.75) is 44.6 Å². The molecule has 0 saturated carbocycles. The standard InChI is InChI=1S/C15H19ClIN/c16-13-10-12(8-9-14(13)17)15(18)11-6-4-2-1-3-5-7-11/h6,8-10,15H,1-5,7,18H2/b11-6+. The average molecular weight is 376 g/mol. The Morgan fingerprint density at radius 3 is 2.72 bits per heavy atom. The normalized spacial score (nSPS) is 21.6. The van der Waals surface area contributed by atoms with Gasteiger partial charge < -0.3 is 5.73 Å². The Kier molecular flexibility index (Phi) is 5.52. The first-order chi connectivity index (χ1) is 8.68. The van der Waals surface area contributed by atoms with Crippen molar-refractivity contribution in [2.75, 3.05) is 0 Å². The summed E-state index contributed by atoms with van der Waals surface area (Å²) in [4.78, 5) is 0. The van der Waals surface area contributed by atoms with Crippen LogP contribution in [-0.2, 0) is 0 Å². The molecule has 0 heterocycles. The zero-order valence-electron chi connectivity index (χ0n) is 10.5. The number of hydrogen-bond acceptors (Lipinski definition) is 1. The predicted molar refractivity (Wildman–Crippen MR) is 86.9 cm³/mol. The van der Waals surface area contributed by atoms with Crippen LogP contribution in [0.4, 0.5) is 0 Å². The first-order valence-electron chi connectivity index (χ1n) is 6.58. The van der Waals surface area contributed by atoms with Crippen LogP contribution in [0.1, 0.15) is 50.1 Å². The third-order valence-electron chi connectivity index (χ3n) is 3.53. The average Bonchev–Trinajstić information content (AvgIpc) is 2.31. The summed E-state index contributed by atoms with van der Waals surface area (Å²) in [6.07, 6.45) is 9.88. The monoisotopic (exact) mass is 375 g/mol. The van der Waals surface area contributed by atoms with Gasteiger partial charge >= 0.3 is 0 Å². The summed E-state index contributed by atoms with van der Waals surface area (Å²) in [7, 11) is 0. The van der Waals surface area contributed by atoms with Crippen molar-refractivity contribution >= 4 is 34.2 Å². The van der Waals surface area contributed by atoms with Gasteiger partial charge in [-0.3, -0.25) is 0 Å². The molecule has 1 aromatic carbocycles. The summed E-state index contributed by atoms with van der Waals surface area (Å²) in [5.74, 6) is 0. The SMILES string of the molecule is NC(/C1=C/CCCCCC1)c1ccc(I)c(Cl)c1. The molecular formula is C15H19ClIN. The van der Waals surface area contributed by atoms with Crippen molar-refractivity contribution in [3.8, 4) is 0 Å². The van der Waals surface area contributed by atoms with Crippen LogP contribution in [0.15, 0.2) is 29.8 Å². The van der Waals surface area contributed by atoms with Crippen LogP contribution in [0.5, 0.6) is 0 Å². The number of rotatable bonds is 2. The summed E-state index contributed by atoms with van der Waals surface area (Å²) >= 11 is 8.42. The van der Waals surface area contributed by atoms with Gasteiger partial charge in [-0.2, -0.15) is 0 Å². The fraction of sp³-hybridized carbons (Fsp3) is 0.467. The summed E-state index contributed by atoms with van der Waals surface area (Å²) in [5, 5.41) is 0.801. The van der Waals surface area contributed by atoms with Gasteiger partial charge in [-0.25, -0.2) is 0 Å². The van der Waals surface area contributed by atoms with E-state index in [1.165, 1.54) is 37.7 Å². The van der Waals surface area contributed by atoms with Crippen LogP contribution < -0.4 is 5.73 Å². The van der Waals surface area contributed by atoms with Crippen LogP contribution in [0, 0.1) is 3.57 Å². The van der Waals surface area contributed by atoms with E-state index >= 15 is 0 Å². The third-order valence-corrected chi connectivity index (χ3v) is 5.10. The number of halogens is 2. The lowest BCUT2D eigenvalue weighted by molar-refractivity contribution is 0.602. The summed E-state index contributed by atoms with van der Waals surface area (Å²) < 4.78 is 1.08. The molecule has 2 rings (SSSR count). The molecule has 1 atom stereocenters. The first kappa shape index (κ1) is 14.4. The zero-order chi connectivity index (χ0) is 13.0. The highest BCUT2D eigenvalue weighted by atomic mass is 127. The second-order valence-corrected chi connectivity index (χ2v) is 6.45. The van der Waals surface area contributed by atoms with E-state index in [0.717, 1.165) is 20.6 Å². The molecule has 1 aliphatic carbocycles. The maximum absolute atomic E-state index is 6.38. The predicted octanol–water partition coefficient (Wildman–Crippen LogP) is 5.23.